The molecule has 2 aromatic rings. The molecule has 1 fully saturated rings. The third-order valence-corrected chi connectivity index (χ3v) is 5.96. The number of halogens is 3. The SMILES string of the molecule is CNC1(OCCC(F)(F)F)CCC(N(Cc2ccccc2)Cc2ccccc2)CC1. The smallest absolute Gasteiger partial charge is 0.360 e. The van der Waals surface area contributed by atoms with E-state index in [2.05, 4.69) is 58.7 Å². The summed E-state index contributed by atoms with van der Waals surface area (Å²) in [5, 5.41) is 3.15. The van der Waals surface area contributed by atoms with Crippen LogP contribution >= 0.6 is 0 Å². The van der Waals surface area contributed by atoms with Gasteiger partial charge in [-0.2, -0.15) is 13.2 Å². The molecule has 1 saturated carbocycles. The Bertz CT molecular complexity index is 703. The van der Waals surface area contributed by atoms with Gasteiger partial charge in [-0.05, 0) is 43.9 Å². The van der Waals surface area contributed by atoms with Crippen LogP contribution in [-0.2, 0) is 17.8 Å². The lowest BCUT2D eigenvalue weighted by molar-refractivity contribution is -0.169. The van der Waals surface area contributed by atoms with Gasteiger partial charge in [0, 0.05) is 19.1 Å². The van der Waals surface area contributed by atoms with Crippen LogP contribution in [0.2, 0.25) is 0 Å². The third-order valence-electron chi connectivity index (χ3n) is 5.96. The Kier molecular flexibility index (Phi) is 7.92. The van der Waals surface area contributed by atoms with Crippen molar-refractivity contribution in [3.05, 3.63) is 71.8 Å². The number of rotatable bonds is 9. The predicted molar refractivity (Wildman–Crippen MR) is 113 cm³/mol. The lowest BCUT2D eigenvalue weighted by atomic mass is 9.86. The molecule has 164 valence electrons. The minimum Gasteiger partial charge on any atom is -0.360 e. The molecule has 3 rings (SSSR count). The number of hydrogen-bond acceptors (Lipinski definition) is 3. The lowest BCUT2D eigenvalue weighted by Gasteiger charge is -2.43. The van der Waals surface area contributed by atoms with Crippen LogP contribution in [-0.4, -0.2) is 36.5 Å². The number of alkyl halides is 3. The number of nitrogens with one attached hydrogen (secondary N) is 1. The highest BCUT2D eigenvalue weighted by Gasteiger charge is 2.38. The minimum atomic E-state index is -4.19. The fraction of sp³-hybridized carbons (Fsp3) is 0.500. The van der Waals surface area contributed by atoms with Crippen molar-refractivity contribution in [3.8, 4) is 0 Å². The summed E-state index contributed by atoms with van der Waals surface area (Å²) in [4.78, 5) is 2.49. The van der Waals surface area contributed by atoms with Gasteiger partial charge in [-0.25, -0.2) is 0 Å². The summed E-state index contributed by atoms with van der Waals surface area (Å²) < 4.78 is 43.3. The Balaban J connectivity index is 1.64. The average Bonchev–Trinajstić information content (AvgIpc) is 2.74. The topological polar surface area (TPSA) is 24.5 Å². The summed E-state index contributed by atoms with van der Waals surface area (Å²) in [5.41, 5.74) is 1.87. The van der Waals surface area contributed by atoms with Gasteiger partial charge in [0.25, 0.3) is 0 Å². The minimum absolute atomic E-state index is 0.299. The summed E-state index contributed by atoms with van der Waals surface area (Å²) in [6.45, 7) is 1.40. The molecule has 2 aromatic carbocycles. The first-order valence-electron chi connectivity index (χ1n) is 10.6. The summed E-state index contributed by atoms with van der Waals surface area (Å²) in [5.74, 6) is 0. The summed E-state index contributed by atoms with van der Waals surface area (Å²) >= 11 is 0. The third kappa shape index (κ3) is 6.83. The predicted octanol–water partition coefficient (Wildman–Crippen LogP) is 5.52. The molecule has 0 atom stereocenters. The van der Waals surface area contributed by atoms with Crippen LogP contribution in [0.1, 0.15) is 43.2 Å². The number of hydrogen-bond donors (Lipinski definition) is 1. The van der Waals surface area contributed by atoms with Gasteiger partial charge in [0.05, 0.1) is 13.0 Å². The number of ether oxygens (including phenoxy) is 1. The second kappa shape index (κ2) is 10.4. The van der Waals surface area contributed by atoms with Crippen LogP contribution in [0.4, 0.5) is 13.2 Å². The molecule has 1 aliphatic carbocycles. The van der Waals surface area contributed by atoms with E-state index in [0.717, 1.165) is 25.9 Å². The maximum Gasteiger partial charge on any atom is 0.391 e. The van der Waals surface area contributed by atoms with Crippen LogP contribution in [0.5, 0.6) is 0 Å². The van der Waals surface area contributed by atoms with Gasteiger partial charge in [0.15, 0.2) is 0 Å². The van der Waals surface area contributed by atoms with Crippen LogP contribution in [0.25, 0.3) is 0 Å². The quantitative estimate of drug-likeness (QED) is 0.541. The zero-order chi connectivity index (χ0) is 21.5. The van der Waals surface area contributed by atoms with Crippen LogP contribution in [0.3, 0.4) is 0 Å². The van der Waals surface area contributed by atoms with E-state index in [0.29, 0.717) is 18.9 Å². The van der Waals surface area contributed by atoms with Crippen LogP contribution in [0.15, 0.2) is 60.7 Å². The fourth-order valence-corrected chi connectivity index (χ4v) is 4.21. The van der Waals surface area contributed by atoms with E-state index in [1.807, 2.05) is 12.1 Å². The summed E-state index contributed by atoms with van der Waals surface area (Å²) in [6.07, 6.45) is -1.93. The molecule has 0 radical (unpaired) electrons. The molecule has 0 spiro atoms. The molecule has 0 heterocycles. The van der Waals surface area contributed by atoms with Crippen LogP contribution < -0.4 is 5.32 Å². The second-order valence-corrected chi connectivity index (χ2v) is 8.07. The lowest BCUT2D eigenvalue weighted by Crippen LogP contribution is -2.52. The average molecular weight is 421 g/mol. The standard InChI is InChI=1S/C24H31F3N2O/c1-28-23(30-17-16-24(25,26)27)14-12-22(13-15-23)29(18-20-8-4-2-5-9-20)19-21-10-6-3-7-11-21/h2-11,22,28H,12-19H2,1H3. The fourth-order valence-electron chi connectivity index (χ4n) is 4.21. The van der Waals surface area contributed by atoms with Crippen molar-refractivity contribution < 1.29 is 17.9 Å². The van der Waals surface area contributed by atoms with Gasteiger partial charge < -0.3 is 4.74 Å². The van der Waals surface area contributed by atoms with E-state index < -0.39 is 18.3 Å². The van der Waals surface area contributed by atoms with Crippen LogP contribution in [0, 0.1) is 0 Å². The Labute approximate surface area is 177 Å². The van der Waals surface area contributed by atoms with E-state index >= 15 is 0 Å². The van der Waals surface area contributed by atoms with Crippen molar-refractivity contribution >= 4 is 0 Å². The van der Waals surface area contributed by atoms with Gasteiger partial charge in [0.2, 0.25) is 0 Å². The van der Waals surface area contributed by atoms with E-state index in [9.17, 15) is 13.2 Å². The van der Waals surface area contributed by atoms with E-state index in [4.69, 9.17) is 4.74 Å². The number of nitrogens with zero attached hydrogens (tertiary/aromatic N) is 1. The first-order chi connectivity index (χ1) is 14.4. The molecule has 3 nitrogen and oxygen atoms in total. The molecule has 0 bridgehead atoms. The highest BCUT2D eigenvalue weighted by atomic mass is 19.4. The Morgan fingerprint density at radius 3 is 1.87 bits per heavy atom. The van der Waals surface area contributed by atoms with Crippen molar-refractivity contribution in [1.29, 1.82) is 0 Å². The van der Waals surface area contributed by atoms with Gasteiger partial charge in [-0.1, -0.05) is 60.7 Å². The molecule has 1 N–H and O–H groups in total. The van der Waals surface area contributed by atoms with Crippen molar-refractivity contribution in [2.24, 2.45) is 0 Å². The number of benzene rings is 2. The molecule has 6 heteroatoms. The molecule has 0 aliphatic heterocycles. The van der Waals surface area contributed by atoms with E-state index in [-0.39, 0.29) is 6.61 Å². The van der Waals surface area contributed by atoms with Gasteiger partial charge in [-0.15, -0.1) is 0 Å². The van der Waals surface area contributed by atoms with E-state index in [1.165, 1.54) is 11.1 Å². The maximum absolute atomic E-state index is 12.5. The summed E-state index contributed by atoms with van der Waals surface area (Å²) in [7, 11) is 1.78. The largest absolute Gasteiger partial charge is 0.391 e. The summed E-state index contributed by atoms with van der Waals surface area (Å²) in [6, 6.07) is 21.2. The normalized spacial score (nSPS) is 22.4. The molecule has 1 aliphatic rings. The Morgan fingerprint density at radius 2 is 1.43 bits per heavy atom. The molecule has 30 heavy (non-hydrogen) atoms. The Hall–Kier alpha value is -1.89. The monoisotopic (exact) mass is 420 g/mol. The molecule has 0 amide bonds. The van der Waals surface area contributed by atoms with Crippen molar-refractivity contribution in [2.75, 3.05) is 13.7 Å². The molecule has 0 saturated heterocycles. The molecular weight excluding hydrogens is 389 g/mol. The highest BCUT2D eigenvalue weighted by Crippen LogP contribution is 2.34. The maximum atomic E-state index is 12.5. The first-order valence-corrected chi connectivity index (χ1v) is 10.6. The van der Waals surface area contributed by atoms with Crippen molar-refractivity contribution in [1.82, 2.24) is 10.2 Å². The van der Waals surface area contributed by atoms with E-state index in [1.54, 1.807) is 7.05 Å². The van der Waals surface area contributed by atoms with Gasteiger partial charge >= 0.3 is 6.18 Å². The van der Waals surface area contributed by atoms with Crippen molar-refractivity contribution in [2.45, 2.75) is 63.1 Å². The highest BCUT2D eigenvalue weighted by molar-refractivity contribution is 5.17. The molecule has 0 aromatic heterocycles. The molecule has 0 unspecified atom stereocenters. The molecular formula is C24H31F3N2O. The first kappa shape index (κ1) is 22.8. The zero-order valence-electron chi connectivity index (χ0n) is 17.5. The van der Waals surface area contributed by atoms with Gasteiger partial charge in [-0.3, -0.25) is 10.2 Å². The van der Waals surface area contributed by atoms with Crippen molar-refractivity contribution in [3.63, 3.8) is 0 Å². The zero-order valence-corrected chi connectivity index (χ0v) is 17.5. The van der Waals surface area contributed by atoms with Gasteiger partial charge in [0.1, 0.15) is 5.72 Å². The Morgan fingerprint density at radius 1 is 0.933 bits per heavy atom. The second-order valence-electron chi connectivity index (χ2n) is 8.07.